The van der Waals surface area contributed by atoms with Crippen LogP contribution >= 0.6 is 0 Å². The van der Waals surface area contributed by atoms with Gasteiger partial charge in [0.2, 0.25) is 0 Å². The van der Waals surface area contributed by atoms with Crippen LogP contribution in [0.25, 0.3) is 0 Å². The Balaban J connectivity index is 2.55. The third kappa shape index (κ3) is 6.38. The maximum atomic E-state index is 12.3. The van der Waals surface area contributed by atoms with Gasteiger partial charge in [-0.15, -0.1) is 0 Å². The zero-order chi connectivity index (χ0) is 15.1. The van der Waals surface area contributed by atoms with E-state index >= 15 is 0 Å². The molecule has 0 N–H and O–H groups in total. The van der Waals surface area contributed by atoms with Gasteiger partial charge in [0.25, 0.3) is 0 Å². The van der Waals surface area contributed by atoms with Gasteiger partial charge in [-0.2, -0.15) is 0 Å². The molecule has 0 bridgehead atoms. The summed E-state index contributed by atoms with van der Waals surface area (Å²) < 4.78 is 1.93. The Labute approximate surface area is 124 Å². The molecule has 3 heteroatoms. The van der Waals surface area contributed by atoms with Crippen LogP contribution in [0.1, 0.15) is 50.9 Å². The predicted octanol–water partition coefficient (Wildman–Crippen LogP) is 3.60. The molecular weight excluding hydrogens is 248 g/mol. The van der Waals surface area contributed by atoms with Crippen molar-refractivity contribution in [2.24, 2.45) is 18.9 Å². The SMILES string of the molecule is CC(C)CCN(CCC(C)C)CC(=O)c1ccn(C)c1. The molecule has 1 heterocycles. The summed E-state index contributed by atoms with van der Waals surface area (Å²) in [5.41, 5.74) is 0.826. The van der Waals surface area contributed by atoms with Crippen LogP contribution in [0, 0.1) is 11.8 Å². The van der Waals surface area contributed by atoms with Crippen molar-refractivity contribution >= 4 is 5.78 Å². The minimum absolute atomic E-state index is 0.234. The van der Waals surface area contributed by atoms with Crippen molar-refractivity contribution in [2.75, 3.05) is 19.6 Å². The second-order valence-electron chi connectivity index (χ2n) is 6.63. The van der Waals surface area contributed by atoms with Gasteiger partial charge in [0.15, 0.2) is 5.78 Å². The number of nitrogens with zero attached hydrogens (tertiary/aromatic N) is 2. The van der Waals surface area contributed by atoms with Gasteiger partial charge in [-0.25, -0.2) is 0 Å². The van der Waals surface area contributed by atoms with E-state index in [1.165, 1.54) is 0 Å². The first-order chi connectivity index (χ1) is 9.38. The lowest BCUT2D eigenvalue weighted by atomic mass is 10.1. The van der Waals surface area contributed by atoms with Crippen LogP contribution in [0.4, 0.5) is 0 Å². The number of carbonyl (C=O) groups is 1. The fourth-order valence-corrected chi connectivity index (χ4v) is 2.11. The smallest absolute Gasteiger partial charge is 0.178 e. The Morgan fingerprint density at radius 3 is 2.10 bits per heavy atom. The fourth-order valence-electron chi connectivity index (χ4n) is 2.11. The first kappa shape index (κ1) is 17.0. The van der Waals surface area contributed by atoms with Gasteiger partial charge >= 0.3 is 0 Å². The first-order valence-electron chi connectivity index (χ1n) is 7.76. The van der Waals surface area contributed by atoms with E-state index in [0.29, 0.717) is 18.4 Å². The van der Waals surface area contributed by atoms with Crippen LogP contribution in [-0.4, -0.2) is 34.9 Å². The Hall–Kier alpha value is -1.09. The van der Waals surface area contributed by atoms with Gasteiger partial charge in [-0.1, -0.05) is 27.7 Å². The molecule has 0 aliphatic carbocycles. The number of aromatic nitrogens is 1. The molecule has 1 aromatic heterocycles. The van der Waals surface area contributed by atoms with Crippen LogP contribution < -0.4 is 0 Å². The van der Waals surface area contributed by atoms with Crippen molar-refractivity contribution in [1.29, 1.82) is 0 Å². The number of ketones is 1. The highest BCUT2D eigenvalue weighted by molar-refractivity contribution is 5.97. The van der Waals surface area contributed by atoms with Crippen molar-refractivity contribution in [3.8, 4) is 0 Å². The van der Waals surface area contributed by atoms with E-state index in [2.05, 4.69) is 32.6 Å². The first-order valence-corrected chi connectivity index (χ1v) is 7.76. The lowest BCUT2D eigenvalue weighted by Gasteiger charge is -2.23. The third-order valence-corrected chi connectivity index (χ3v) is 3.57. The Kier molecular flexibility index (Phi) is 7.00. The van der Waals surface area contributed by atoms with Gasteiger partial charge in [0.05, 0.1) is 6.54 Å². The van der Waals surface area contributed by atoms with Gasteiger partial charge in [-0.3, -0.25) is 9.69 Å². The summed E-state index contributed by atoms with van der Waals surface area (Å²) in [6.07, 6.45) is 6.14. The Bertz CT molecular complexity index is 395. The number of Topliss-reactive ketones (excluding diaryl/α,β-unsaturated/α-hetero) is 1. The predicted molar refractivity (Wildman–Crippen MR) is 85.1 cm³/mol. The lowest BCUT2D eigenvalue weighted by molar-refractivity contribution is 0.0923. The average Bonchev–Trinajstić information content (AvgIpc) is 2.79. The van der Waals surface area contributed by atoms with Crippen molar-refractivity contribution in [1.82, 2.24) is 9.47 Å². The Morgan fingerprint density at radius 1 is 1.15 bits per heavy atom. The highest BCUT2D eigenvalue weighted by Gasteiger charge is 2.14. The highest BCUT2D eigenvalue weighted by Crippen LogP contribution is 2.09. The number of aryl methyl sites for hydroxylation is 1. The number of hydrogen-bond acceptors (Lipinski definition) is 2. The topological polar surface area (TPSA) is 25.2 Å². The van der Waals surface area contributed by atoms with E-state index in [4.69, 9.17) is 0 Å². The molecule has 0 aromatic carbocycles. The fraction of sp³-hybridized carbons (Fsp3) is 0.706. The van der Waals surface area contributed by atoms with Gasteiger partial charge in [0.1, 0.15) is 0 Å². The van der Waals surface area contributed by atoms with E-state index in [-0.39, 0.29) is 5.78 Å². The molecule has 20 heavy (non-hydrogen) atoms. The second kappa shape index (κ2) is 8.25. The second-order valence-corrected chi connectivity index (χ2v) is 6.63. The van der Waals surface area contributed by atoms with E-state index in [1.54, 1.807) is 0 Å². The Morgan fingerprint density at radius 2 is 1.70 bits per heavy atom. The molecule has 0 spiro atoms. The summed E-state index contributed by atoms with van der Waals surface area (Å²) >= 11 is 0. The van der Waals surface area contributed by atoms with E-state index in [1.807, 2.05) is 30.1 Å². The third-order valence-electron chi connectivity index (χ3n) is 3.57. The van der Waals surface area contributed by atoms with Crippen molar-refractivity contribution in [2.45, 2.75) is 40.5 Å². The number of hydrogen-bond donors (Lipinski definition) is 0. The molecule has 0 saturated carbocycles. The zero-order valence-corrected chi connectivity index (χ0v) is 13.7. The standard InChI is InChI=1S/C17H30N2O/c1-14(2)6-10-19(11-7-15(3)4)13-17(20)16-8-9-18(5)12-16/h8-9,12,14-15H,6-7,10-11,13H2,1-5H3. The molecule has 3 nitrogen and oxygen atoms in total. The summed E-state index contributed by atoms with van der Waals surface area (Å²) in [5.74, 6) is 1.60. The normalized spacial score (nSPS) is 11.8. The van der Waals surface area contributed by atoms with Gasteiger partial charge < -0.3 is 4.57 Å². The number of rotatable bonds is 9. The highest BCUT2D eigenvalue weighted by atomic mass is 16.1. The maximum absolute atomic E-state index is 12.3. The summed E-state index contributed by atoms with van der Waals surface area (Å²) in [6.45, 7) is 11.5. The molecule has 114 valence electrons. The summed E-state index contributed by atoms with van der Waals surface area (Å²) in [7, 11) is 1.95. The van der Waals surface area contributed by atoms with Crippen LogP contribution in [0.3, 0.4) is 0 Å². The minimum atomic E-state index is 0.234. The van der Waals surface area contributed by atoms with E-state index in [9.17, 15) is 4.79 Å². The molecule has 0 fully saturated rings. The summed E-state index contributed by atoms with van der Waals surface area (Å²) in [4.78, 5) is 14.6. The van der Waals surface area contributed by atoms with Gasteiger partial charge in [-0.05, 0) is 43.8 Å². The molecule has 0 radical (unpaired) electrons. The molecule has 0 aliphatic heterocycles. The monoisotopic (exact) mass is 278 g/mol. The van der Waals surface area contributed by atoms with Crippen LogP contribution in [0.5, 0.6) is 0 Å². The minimum Gasteiger partial charge on any atom is -0.357 e. The van der Waals surface area contributed by atoms with Crippen molar-refractivity contribution < 1.29 is 4.79 Å². The molecular formula is C17H30N2O. The quantitative estimate of drug-likeness (QED) is 0.645. The van der Waals surface area contributed by atoms with E-state index < -0.39 is 0 Å². The van der Waals surface area contributed by atoms with Crippen LogP contribution in [0.2, 0.25) is 0 Å². The largest absolute Gasteiger partial charge is 0.357 e. The molecule has 0 atom stereocenters. The van der Waals surface area contributed by atoms with Crippen LogP contribution in [0.15, 0.2) is 18.5 Å². The molecule has 0 saturated heterocycles. The molecule has 1 aromatic rings. The van der Waals surface area contributed by atoms with Crippen molar-refractivity contribution in [3.63, 3.8) is 0 Å². The number of carbonyl (C=O) groups excluding carboxylic acids is 1. The van der Waals surface area contributed by atoms with Crippen LogP contribution in [-0.2, 0) is 7.05 Å². The van der Waals surface area contributed by atoms with E-state index in [0.717, 1.165) is 31.5 Å². The van der Waals surface area contributed by atoms with Gasteiger partial charge in [0, 0.05) is 25.0 Å². The summed E-state index contributed by atoms with van der Waals surface area (Å²) in [5, 5.41) is 0. The molecule has 0 aliphatic rings. The molecule has 1 rings (SSSR count). The molecule has 0 amide bonds. The zero-order valence-electron chi connectivity index (χ0n) is 13.7. The maximum Gasteiger partial charge on any atom is 0.178 e. The lowest BCUT2D eigenvalue weighted by Crippen LogP contribution is -2.33. The van der Waals surface area contributed by atoms with Crippen molar-refractivity contribution in [3.05, 3.63) is 24.0 Å². The molecule has 0 unspecified atom stereocenters. The average molecular weight is 278 g/mol. The summed E-state index contributed by atoms with van der Waals surface area (Å²) in [6, 6.07) is 1.91.